The summed E-state index contributed by atoms with van der Waals surface area (Å²) in [6.45, 7) is 2.23. The van der Waals surface area contributed by atoms with E-state index in [1.807, 2.05) is 16.8 Å². The zero-order chi connectivity index (χ0) is 13.8. The number of amides is 1. The number of hydrogen-bond acceptors (Lipinski definition) is 4. The van der Waals surface area contributed by atoms with Gasteiger partial charge in [0.25, 0.3) is 5.91 Å². The van der Waals surface area contributed by atoms with E-state index in [0.717, 1.165) is 31.6 Å². The van der Waals surface area contributed by atoms with E-state index in [-0.39, 0.29) is 11.3 Å². The number of rotatable bonds is 4. The van der Waals surface area contributed by atoms with Crippen LogP contribution in [0.15, 0.2) is 34.3 Å². The third-order valence-electron chi connectivity index (χ3n) is 3.86. The summed E-state index contributed by atoms with van der Waals surface area (Å²) < 4.78 is 5.50. The largest absolute Gasteiger partial charge is 0.381 e. The lowest BCUT2D eigenvalue weighted by molar-refractivity contribution is 0.0499. The summed E-state index contributed by atoms with van der Waals surface area (Å²) in [5.41, 5.74) is 0.793. The van der Waals surface area contributed by atoms with E-state index in [2.05, 4.69) is 22.8 Å². The molecule has 0 unspecified atom stereocenters. The molecule has 0 spiro atoms. The van der Waals surface area contributed by atoms with E-state index in [9.17, 15) is 4.79 Å². The topological polar surface area (TPSA) is 38.3 Å². The van der Waals surface area contributed by atoms with Crippen LogP contribution in [0, 0.1) is 0 Å². The van der Waals surface area contributed by atoms with Crippen LogP contribution in [0.4, 0.5) is 0 Å². The number of carbonyl (C=O) groups excluding carboxylic acids is 1. The average Bonchev–Trinajstić information content (AvgIpc) is 3.18. The SMILES string of the molecule is O=C(NCC1(c2cccs2)CCOCC1)c1ccsc1. The van der Waals surface area contributed by atoms with Gasteiger partial charge in [0, 0.05) is 41.0 Å². The van der Waals surface area contributed by atoms with Gasteiger partial charge in [-0.1, -0.05) is 6.07 Å². The van der Waals surface area contributed by atoms with Gasteiger partial charge in [0.2, 0.25) is 0 Å². The molecule has 1 N–H and O–H groups in total. The van der Waals surface area contributed by atoms with Crippen LogP contribution in [-0.2, 0) is 10.2 Å². The highest BCUT2D eigenvalue weighted by molar-refractivity contribution is 7.10. The number of ether oxygens (including phenoxy) is 1. The van der Waals surface area contributed by atoms with Crippen molar-refractivity contribution in [1.82, 2.24) is 5.32 Å². The highest BCUT2D eigenvalue weighted by atomic mass is 32.1. The highest BCUT2D eigenvalue weighted by Crippen LogP contribution is 2.37. The van der Waals surface area contributed by atoms with Gasteiger partial charge < -0.3 is 10.1 Å². The molecule has 1 aliphatic rings. The van der Waals surface area contributed by atoms with Gasteiger partial charge in [-0.05, 0) is 35.7 Å². The lowest BCUT2D eigenvalue weighted by Crippen LogP contribution is -2.44. The first kappa shape index (κ1) is 13.8. The normalized spacial score (nSPS) is 17.8. The molecular formula is C15H17NO2S2. The predicted octanol–water partition coefficient (Wildman–Crippen LogP) is 3.29. The van der Waals surface area contributed by atoms with Crippen LogP contribution in [-0.4, -0.2) is 25.7 Å². The van der Waals surface area contributed by atoms with E-state index in [1.165, 1.54) is 4.88 Å². The first-order chi connectivity index (χ1) is 9.80. The molecule has 5 heteroatoms. The number of nitrogens with one attached hydrogen (secondary N) is 1. The summed E-state index contributed by atoms with van der Waals surface area (Å²) in [6, 6.07) is 6.12. The maximum absolute atomic E-state index is 12.1. The minimum Gasteiger partial charge on any atom is -0.381 e. The minimum absolute atomic E-state index is 0.0219. The van der Waals surface area contributed by atoms with Crippen LogP contribution in [0.3, 0.4) is 0 Å². The maximum Gasteiger partial charge on any atom is 0.252 e. The fourth-order valence-electron chi connectivity index (χ4n) is 2.60. The summed E-state index contributed by atoms with van der Waals surface area (Å²) in [4.78, 5) is 13.5. The van der Waals surface area contributed by atoms with Gasteiger partial charge in [0.15, 0.2) is 0 Å². The van der Waals surface area contributed by atoms with Crippen molar-refractivity contribution in [2.24, 2.45) is 0 Å². The molecular weight excluding hydrogens is 290 g/mol. The van der Waals surface area contributed by atoms with Crippen LogP contribution in [0.2, 0.25) is 0 Å². The zero-order valence-corrected chi connectivity index (χ0v) is 12.8. The highest BCUT2D eigenvalue weighted by Gasteiger charge is 2.35. The molecule has 1 fully saturated rings. The molecule has 2 aromatic rings. The first-order valence-electron chi connectivity index (χ1n) is 6.72. The first-order valence-corrected chi connectivity index (χ1v) is 8.55. The van der Waals surface area contributed by atoms with Gasteiger partial charge in [-0.2, -0.15) is 11.3 Å². The fraction of sp³-hybridized carbons (Fsp3) is 0.400. The van der Waals surface area contributed by atoms with Gasteiger partial charge in [0.1, 0.15) is 0 Å². The maximum atomic E-state index is 12.1. The van der Waals surface area contributed by atoms with E-state index in [0.29, 0.717) is 6.54 Å². The van der Waals surface area contributed by atoms with Crippen molar-refractivity contribution in [3.8, 4) is 0 Å². The summed E-state index contributed by atoms with van der Waals surface area (Å²) in [7, 11) is 0. The molecule has 1 aliphatic heterocycles. The molecule has 0 atom stereocenters. The van der Waals surface area contributed by atoms with Crippen LogP contribution in [0.1, 0.15) is 28.1 Å². The molecule has 0 aromatic carbocycles. The number of thiophene rings is 2. The summed E-state index contributed by atoms with van der Waals surface area (Å²) >= 11 is 3.32. The van der Waals surface area contributed by atoms with E-state index in [4.69, 9.17) is 4.74 Å². The average molecular weight is 307 g/mol. The Balaban J connectivity index is 1.72. The van der Waals surface area contributed by atoms with E-state index in [1.54, 1.807) is 22.7 Å². The van der Waals surface area contributed by atoms with E-state index < -0.39 is 0 Å². The van der Waals surface area contributed by atoms with Crippen molar-refractivity contribution < 1.29 is 9.53 Å². The molecule has 2 aromatic heterocycles. The lowest BCUT2D eigenvalue weighted by Gasteiger charge is -2.36. The Hall–Kier alpha value is -1.17. The molecule has 0 radical (unpaired) electrons. The summed E-state index contributed by atoms with van der Waals surface area (Å²) in [6.07, 6.45) is 1.94. The van der Waals surface area contributed by atoms with Crippen molar-refractivity contribution >= 4 is 28.6 Å². The molecule has 1 saturated heterocycles. The number of carbonyl (C=O) groups is 1. The molecule has 0 bridgehead atoms. The molecule has 0 aliphatic carbocycles. The van der Waals surface area contributed by atoms with Gasteiger partial charge in [0.05, 0.1) is 0 Å². The molecule has 0 saturated carbocycles. The fourth-order valence-corrected chi connectivity index (χ4v) is 4.22. The Morgan fingerprint density at radius 3 is 2.80 bits per heavy atom. The van der Waals surface area contributed by atoms with Crippen molar-refractivity contribution in [2.45, 2.75) is 18.3 Å². The van der Waals surface area contributed by atoms with E-state index >= 15 is 0 Å². The molecule has 20 heavy (non-hydrogen) atoms. The molecule has 106 valence electrons. The molecule has 1 amide bonds. The molecule has 3 rings (SSSR count). The Morgan fingerprint density at radius 2 is 2.15 bits per heavy atom. The van der Waals surface area contributed by atoms with Crippen molar-refractivity contribution in [3.05, 3.63) is 44.8 Å². The standard InChI is InChI=1S/C15H17NO2S2/c17-14(12-3-9-19-10-12)16-11-15(4-6-18-7-5-15)13-2-1-8-20-13/h1-3,8-10H,4-7,11H2,(H,16,17). The molecule has 3 nitrogen and oxygen atoms in total. The van der Waals surface area contributed by atoms with Crippen LogP contribution < -0.4 is 5.32 Å². The van der Waals surface area contributed by atoms with Gasteiger partial charge in [-0.15, -0.1) is 11.3 Å². The Kier molecular flexibility index (Phi) is 4.19. The summed E-state index contributed by atoms with van der Waals surface area (Å²) in [5, 5.41) is 9.02. The second-order valence-electron chi connectivity index (χ2n) is 5.06. The second kappa shape index (κ2) is 6.08. The zero-order valence-electron chi connectivity index (χ0n) is 11.1. The lowest BCUT2D eigenvalue weighted by atomic mass is 9.78. The summed E-state index contributed by atoms with van der Waals surface area (Å²) in [5.74, 6) is 0.0219. The van der Waals surface area contributed by atoms with Crippen molar-refractivity contribution in [1.29, 1.82) is 0 Å². The third-order valence-corrected chi connectivity index (χ3v) is 5.66. The van der Waals surface area contributed by atoms with Gasteiger partial charge in [-0.3, -0.25) is 4.79 Å². The van der Waals surface area contributed by atoms with Crippen LogP contribution >= 0.6 is 22.7 Å². The minimum atomic E-state index is 0.0219. The van der Waals surface area contributed by atoms with Crippen LogP contribution in [0.25, 0.3) is 0 Å². The second-order valence-corrected chi connectivity index (χ2v) is 6.79. The Morgan fingerprint density at radius 1 is 1.30 bits per heavy atom. The van der Waals surface area contributed by atoms with Crippen molar-refractivity contribution in [3.63, 3.8) is 0 Å². The smallest absolute Gasteiger partial charge is 0.252 e. The van der Waals surface area contributed by atoms with Crippen LogP contribution in [0.5, 0.6) is 0 Å². The number of hydrogen-bond donors (Lipinski definition) is 1. The monoisotopic (exact) mass is 307 g/mol. The predicted molar refractivity (Wildman–Crippen MR) is 82.7 cm³/mol. The van der Waals surface area contributed by atoms with Gasteiger partial charge >= 0.3 is 0 Å². The quantitative estimate of drug-likeness (QED) is 0.941. The Bertz CT molecular complexity index is 542. The third kappa shape index (κ3) is 2.80. The van der Waals surface area contributed by atoms with Crippen molar-refractivity contribution in [2.75, 3.05) is 19.8 Å². The Labute approximate surface area is 126 Å². The molecule has 3 heterocycles. The van der Waals surface area contributed by atoms with Gasteiger partial charge in [-0.25, -0.2) is 0 Å².